The summed E-state index contributed by atoms with van der Waals surface area (Å²) in [6, 6.07) is 27.8. The predicted molar refractivity (Wildman–Crippen MR) is 110 cm³/mol. The zero-order valence-corrected chi connectivity index (χ0v) is 16.0. The van der Waals surface area contributed by atoms with E-state index in [1.54, 1.807) is 0 Å². The van der Waals surface area contributed by atoms with Crippen LogP contribution >= 0.6 is 0 Å². The smallest absolute Gasteiger partial charge is 0.325 e. The van der Waals surface area contributed by atoms with Gasteiger partial charge < -0.3 is 10.1 Å². The van der Waals surface area contributed by atoms with Gasteiger partial charge in [-0.1, -0.05) is 78.9 Å². The monoisotopic (exact) mass is 386 g/mol. The van der Waals surface area contributed by atoms with Crippen molar-refractivity contribution in [3.05, 3.63) is 102 Å². The number of carbonyl (C=O) groups is 2. The van der Waals surface area contributed by atoms with E-state index in [-0.39, 0.29) is 11.9 Å². The molecule has 3 amide bonds. The third-order valence-corrected chi connectivity index (χ3v) is 5.06. The standard InChI is InChI=1S/C24H22N2O3/c27-22-24(19-11-4-1-5-12-19,20-13-6-2-7-14-20)25-23(28)26(22)17-10-18-29-21-15-8-3-9-16-21/h1-9,11-16H,10,17-18H2,(H,25,28). The van der Waals surface area contributed by atoms with Gasteiger partial charge in [-0.05, 0) is 29.7 Å². The highest BCUT2D eigenvalue weighted by Gasteiger charge is 2.53. The Morgan fingerprint density at radius 1 is 0.759 bits per heavy atom. The van der Waals surface area contributed by atoms with Crippen molar-refractivity contribution < 1.29 is 14.3 Å². The molecule has 0 spiro atoms. The highest BCUT2D eigenvalue weighted by atomic mass is 16.5. The molecule has 5 heteroatoms. The molecule has 1 fully saturated rings. The molecule has 1 aliphatic heterocycles. The predicted octanol–water partition coefficient (Wildman–Crippen LogP) is 3.95. The van der Waals surface area contributed by atoms with Crippen molar-refractivity contribution in [2.75, 3.05) is 13.2 Å². The summed E-state index contributed by atoms with van der Waals surface area (Å²) in [4.78, 5) is 27.6. The maximum atomic E-state index is 13.5. The average molecular weight is 386 g/mol. The molecule has 0 aliphatic carbocycles. The SMILES string of the molecule is O=C1NC(c2ccccc2)(c2ccccc2)C(=O)N1CCCOc1ccccc1. The number of ether oxygens (including phenoxy) is 1. The van der Waals surface area contributed by atoms with Crippen LogP contribution in [0.2, 0.25) is 0 Å². The molecule has 1 heterocycles. The molecule has 3 aromatic rings. The van der Waals surface area contributed by atoms with E-state index in [9.17, 15) is 9.59 Å². The molecule has 0 saturated carbocycles. The third kappa shape index (κ3) is 3.59. The number of para-hydroxylation sites is 1. The quantitative estimate of drug-likeness (QED) is 0.494. The van der Waals surface area contributed by atoms with Crippen molar-refractivity contribution >= 4 is 11.9 Å². The minimum absolute atomic E-state index is 0.264. The number of hydrogen-bond donors (Lipinski definition) is 1. The Labute approximate surface area is 169 Å². The van der Waals surface area contributed by atoms with Crippen molar-refractivity contribution in [2.24, 2.45) is 0 Å². The van der Waals surface area contributed by atoms with E-state index in [4.69, 9.17) is 4.74 Å². The Hall–Kier alpha value is -3.60. The lowest BCUT2D eigenvalue weighted by Gasteiger charge is -2.28. The summed E-state index contributed by atoms with van der Waals surface area (Å²) in [5.41, 5.74) is 0.278. The van der Waals surface area contributed by atoms with Gasteiger partial charge in [-0.2, -0.15) is 0 Å². The topological polar surface area (TPSA) is 58.6 Å². The summed E-state index contributed by atoms with van der Waals surface area (Å²) >= 11 is 0. The molecule has 1 saturated heterocycles. The lowest BCUT2D eigenvalue weighted by atomic mass is 9.82. The molecule has 0 unspecified atom stereocenters. The van der Waals surface area contributed by atoms with Crippen LogP contribution < -0.4 is 10.1 Å². The lowest BCUT2D eigenvalue weighted by Crippen LogP contribution is -2.45. The van der Waals surface area contributed by atoms with Crippen LogP contribution in [0.1, 0.15) is 17.5 Å². The van der Waals surface area contributed by atoms with Crippen molar-refractivity contribution in [3.8, 4) is 5.75 Å². The van der Waals surface area contributed by atoms with Crippen LogP contribution in [0, 0.1) is 0 Å². The number of nitrogens with one attached hydrogen (secondary N) is 1. The van der Waals surface area contributed by atoms with Crippen LogP contribution in [0.15, 0.2) is 91.0 Å². The van der Waals surface area contributed by atoms with E-state index in [2.05, 4.69) is 5.32 Å². The van der Waals surface area contributed by atoms with Gasteiger partial charge in [0, 0.05) is 6.54 Å². The molecule has 5 nitrogen and oxygen atoms in total. The molecular weight excluding hydrogens is 364 g/mol. The molecular formula is C24H22N2O3. The van der Waals surface area contributed by atoms with Crippen molar-refractivity contribution in [1.29, 1.82) is 0 Å². The fraction of sp³-hybridized carbons (Fsp3) is 0.167. The third-order valence-electron chi connectivity index (χ3n) is 5.06. The lowest BCUT2D eigenvalue weighted by molar-refractivity contribution is -0.130. The molecule has 0 bridgehead atoms. The first-order chi connectivity index (χ1) is 14.2. The Balaban J connectivity index is 1.54. The van der Waals surface area contributed by atoms with Gasteiger partial charge in [0.05, 0.1) is 6.61 Å². The summed E-state index contributed by atoms with van der Waals surface area (Å²) in [5, 5.41) is 2.96. The van der Waals surface area contributed by atoms with Crippen LogP contribution in [0.5, 0.6) is 5.75 Å². The highest BCUT2D eigenvalue weighted by molar-refractivity contribution is 6.09. The summed E-state index contributed by atoms with van der Waals surface area (Å²) in [7, 11) is 0. The van der Waals surface area contributed by atoms with E-state index in [1.165, 1.54) is 4.90 Å². The first-order valence-corrected chi connectivity index (χ1v) is 9.65. The number of urea groups is 1. The largest absolute Gasteiger partial charge is 0.494 e. The first-order valence-electron chi connectivity index (χ1n) is 9.65. The molecule has 4 rings (SSSR count). The van der Waals surface area contributed by atoms with Crippen LogP contribution in [0.3, 0.4) is 0 Å². The Morgan fingerprint density at radius 3 is 1.83 bits per heavy atom. The molecule has 0 aromatic heterocycles. The number of rotatable bonds is 7. The van der Waals surface area contributed by atoms with Gasteiger partial charge in [0.2, 0.25) is 0 Å². The van der Waals surface area contributed by atoms with Gasteiger partial charge in [-0.15, -0.1) is 0 Å². The van der Waals surface area contributed by atoms with Gasteiger partial charge in [0.15, 0.2) is 5.54 Å². The fourth-order valence-electron chi connectivity index (χ4n) is 3.64. The summed E-state index contributed by atoms with van der Waals surface area (Å²) < 4.78 is 5.69. The van der Waals surface area contributed by atoms with Crippen molar-refractivity contribution in [1.82, 2.24) is 10.2 Å². The summed E-state index contributed by atoms with van der Waals surface area (Å²) in [5.74, 6) is 0.507. The molecule has 1 aliphatic rings. The number of carbonyl (C=O) groups excluding carboxylic acids is 2. The molecule has 3 aromatic carbocycles. The minimum Gasteiger partial charge on any atom is -0.494 e. The molecule has 0 radical (unpaired) electrons. The second kappa shape index (κ2) is 8.19. The number of nitrogens with zero attached hydrogens (tertiary/aromatic N) is 1. The maximum absolute atomic E-state index is 13.5. The van der Waals surface area contributed by atoms with Crippen LogP contribution in [-0.2, 0) is 10.3 Å². The van der Waals surface area contributed by atoms with Crippen molar-refractivity contribution in [3.63, 3.8) is 0 Å². The Morgan fingerprint density at radius 2 is 1.28 bits per heavy atom. The Kier molecular flexibility index (Phi) is 5.29. The molecule has 29 heavy (non-hydrogen) atoms. The number of hydrogen-bond acceptors (Lipinski definition) is 3. The van der Waals surface area contributed by atoms with Crippen molar-refractivity contribution in [2.45, 2.75) is 12.0 Å². The second-order valence-corrected chi connectivity index (χ2v) is 6.88. The van der Waals surface area contributed by atoms with E-state index in [0.29, 0.717) is 19.6 Å². The average Bonchev–Trinajstić information content (AvgIpc) is 3.04. The van der Waals surface area contributed by atoms with Gasteiger partial charge in [0.25, 0.3) is 5.91 Å². The van der Waals surface area contributed by atoms with Gasteiger partial charge >= 0.3 is 6.03 Å². The van der Waals surface area contributed by atoms with E-state index >= 15 is 0 Å². The van der Waals surface area contributed by atoms with Gasteiger partial charge in [0.1, 0.15) is 5.75 Å². The van der Waals surface area contributed by atoms with E-state index in [1.807, 2.05) is 91.0 Å². The summed E-state index contributed by atoms with van der Waals surface area (Å²) in [6.45, 7) is 0.712. The summed E-state index contributed by atoms with van der Waals surface area (Å²) in [6.07, 6.45) is 0.549. The number of benzene rings is 3. The maximum Gasteiger partial charge on any atom is 0.325 e. The van der Waals surface area contributed by atoms with Gasteiger partial charge in [-0.25, -0.2) is 4.79 Å². The van der Waals surface area contributed by atoms with Crippen LogP contribution in [0.4, 0.5) is 4.79 Å². The van der Waals surface area contributed by atoms with E-state index < -0.39 is 5.54 Å². The Bertz CT molecular complexity index is 935. The number of imide groups is 1. The first kappa shape index (κ1) is 18.7. The molecule has 0 atom stereocenters. The fourth-order valence-corrected chi connectivity index (χ4v) is 3.64. The normalized spacial score (nSPS) is 15.2. The molecule has 146 valence electrons. The zero-order valence-electron chi connectivity index (χ0n) is 16.0. The van der Waals surface area contributed by atoms with Crippen LogP contribution in [-0.4, -0.2) is 30.0 Å². The highest BCUT2D eigenvalue weighted by Crippen LogP contribution is 2.35. The van der Waals surface area contributed by atoms with Gasteiger partial charge in [-0.3, -0.25) is 9.69 Å². The second-order valence-electron chi connectivity index (χ2n) is 6.88. The minimum atomic E-state index is -1.21. The van der Waals surface area contributed by atoms with Crippen LogP contribution in [0.25, 0.3) is 0 Å². The molecule has 1 N–H and O–H groups in total. The van der Waals surface area contributed by atoms with E-state index in [0.717, 1.165) is 16.9 Å². The number of amides is 3. The zero-order chi connectivity index (χ0) is 20.1.